The Morgan fingerprint density at radius 3 is 2.91 bits per heavy atom. The average Bonchev–Trinajstić information content (AvgIpc) is 3.21. The van der Waals surface area contributed by atoms with Crippen LogP contribution in [0.4, 0.5) is 4.79 Å². The predicted molar refractivity (Wildman–Crippen MR) is 83.2 cm³/mol. The molecule has 3 N–H and O–H groups in total. The van der Waals surface area contributed by atoms with Crippen LogP contribution >= 0.6 is 0 Å². The second kappa shape index (κ2) is 5.95. The summed E-state index contributed by atoms with van der Waals surface area (Å²) in [5, 5.41) is 16.1. The number of hydrogen-bond donors (Lipinski definition) is 3. The van der Waals surface area contributed by atoms with Crippen LogP contribution in [0.2, 0.25) is 0 Å². The SMILES string of the molecule is CC(NC(=O)NCC(C)(O)c1ccco1)C1CC2CCC1C2. The fraction of sp³-hybridized carbons (Fsp3) is 0.706. The molecule has 122 valence electrons. The maximum Gasteiger partial charge on any atom is 0.315 e. The fourth-order valence-corrected chi connectivity index (χ4v) is 4.20. The number of hydrogen-bond acceptors (Lipinski definition) is 3. The van der Waals surface area contributed by atoms with E-state index < -0.39 is 5.60 Å². The van der Waals surface area contributed by atoms with E-state index in [2.05, 4.69) is 17.6 Å². The minimum Gasteiger partial charge on any atom is -0.466 e. The monoisotopic (exact) mass is 306 g/mol. The molecule has 1 heterocycles. The Bertz CT molecular complexity index is 512. The molecular formula is C17H26N2O3. The van der Waals surface area contributed by atoms with Gasteiger partial charge in [-0.1, -0.05) is 6.42 Å². The van der Waals surface area contributed by atoms with Crippen LogP contribution in [0.5, 0.6) is 0 Å². The van der Waals surface area contributed by atoms with Crippen molar-refractivity contribution in [1.82, 2.24) is 10.6 Å². The van der Waals surface area contributed by atoms with Crippen LogP contribution in [0.25, 0.3) is 0 Å². The van der Waals surface area contributed by atoms with Gasteiger partial charge in [0.05, 0.1) is 12.8 Å². The van der Waals surface area contributed by atoms with Gasteiger partial charge in [0.15, 0.2) is 0 Å². The Hall–Kier alpha value is -1.49. The zero-order valence-corrected chi connectivity index (χ0v) is 13.3. The number of carbonyl (C=O) groups excluding carboxylic acids is 1. The van der Waals surface area contributed by atoms with E-state index in [1.165, 1.54) is 31.9 Å². The molecule has 5 nitrogen and oxygen atoms in total. The van der Waals surface area contributed by atoms with Crippen molar-refractivity contribution in [2.45, 2.75) is 51.2 Å². The Kier molecular flexibility index (Phi) is 4.17. The molecule has 5 atom stereocenters. The van der Waals surface area contributed by atoms with Gasteiger partial charge in [-0.15, -0.1) is 0 Å². The number of urea groups is 1. The quantitative estimate of drug-likeness (QED) is 0.783. The molecule has 1 aromatic heterocycles. The van der Waals surface area contributed by atoms with Crippen LogP contribution in [-0.2, 0) is 5.60 Å². The standard InChI is InChI=1S/C17H26N2O3/c1-11(14-9-12-5-6-13(14)8-12)19-16(20)18-10-17(2,21)15-4-3-7-22-15/h3-4,7,11-14,21H,5-6,8-10H2,1-2H3,(H2,18,19,20). The summed E-state index contributed by atoms with van der Waals surface area (Å²) in [5.74, 6) is 2.72. The zero-order chi connectivity index (χ0) is 15.7. The molecule has 2 aliphatic carbocycles. The van der Waals surface area contributed by atoms with Crippen molar-refractivity contribution in [2.24, 2.45) is 17.8 Å². The van der Waals surface area contributed by atoms with E-state index in [1.54, 1.807) is 19.1 Å². The maximum absolute atomic E-state index is 12.1. The Morgan fingerprint density at radius 1 is 1.50 bits per heavy atom. The van der Waals surface area contributed by atoms with E-state index >= 15 is 0 Å². The molecule has 0 spiro atoms. The van der Waals surface area contributed by atoms with Crippen LogP contribution in [-0.4, -0.2) is 23.7 Å². The summed E-state index contributed by atoms with van der Waals surface area (Å²) in [6, 6.07) is 3.39. The Balaban J connectivity index is 1.46. The molecule has 2 amide bonds. The van der Waals surface area contributed by atoms with Crippen molar-refractivity contribution >= 4 is 6.03 Å². The van der Waals surface area contributed by atoms with Gasteiger partial charge >= 0.3 is 6.03 Å². The highest BCUT2D eigenvalue weighted by Crippen LogP contribution is 2.49. The molecule has 2 saturated carbocycles. The second-order valence-corrected chi connectivity index (χ2v) is 7.21. The summed E-state index contributed by atoms with van der Waals surface area (Å²) in [7, 11) is 0. The summed E-state index contributed by atoms with van der Waals surface area (Å²) >= 11 is 0. The van der Waals surface area contributed by atoms with Gasteiger partial charge in [0.2, 0.25) is 0 Å². The van der Waals surface area contributed by atoms with Gasteiger partial charge in [0.25, 0.3) is 0 Å². The zero-order valence-electron chi connectivity index (χ0n) is 13.3. The van der Waals surface area contributed by atoms with E-state index in [4.69, 9.17) is 4.42 Å². The summed E-state index contributed by atoms with van der Waals surface area (Å²) in [6.07, 6.45) is 6.78. The highest BCUT2D eigenvalue weighted by atomic mass is 16.4. The topological polar surface area (TPSA) is 74.5 Å². The highest BCUT2D eigenvalue weighted by Gasteiger charge is 2.42. The Morgan fingerprint density at radius 2 is 2.32 bits per heavy atom. The smallest absolute Gasteiger partial charge is 0.315 e. The van der Waals surface area contributed by atoms with E-state index in [-0.39, 0.29) is 18.6 Å². The number of fused-ring (bicyclic) bond motifs is 2. The molecule has 2 fully saturated rings. The number of aliphatic hydroxyl groups is 1. The van der Waals surface area contributed by atoms with Gasteiger partial charge in [0.1, 0.15) is 11.4 Å². The third-order valence-electron chi connectivity index (χ3n) is 5.44. The lowest BCUT2D eigenvalue weighted by Crippen LogP contribution is -2.48. The van der Waals surface area contributed by atoms with Gasteiger partial charge < -0.3 is 20.2 Å². The van der Waals surface area contributed by atoms with E-state index in [9.17, 15) is 9.90 Å². The van der Waals surface area contributed by atoms with Crippen molar-refractivity contribution in [2.75, 3.05) is 6.54 Å². The first-order valence-corrected chi connectivity index (χ1v) is 8.26. The molecule has 0 aromatic carbocycles. The second-order valence-electron chi connectivity index (χ2n) is 7.21. The van der Waals surface area contributed by atoms with Gasteiger partial charge in [-0.05, 0) is 63.0 Å². The van der Waals surface area contributed by atoms with E-state index in [1.807, 2.05) is 0 Å². The lowest BCUT2D eigenvalue weighted by atomic mass is 9.84. The molecular weight excluding hydrogens is 280 g/mol. The molecule has 3 rings (SSSR count). The van der Waals surface area contributed by atoms with Crippen molar-refractivity contribution in [3.63, 3.8) is 0 Å². The molecule has 2 bridgehead atoms. The van der Waals surface area contributed by atoms with Crippen LogP contribution in [0, 0.1) is 17.8 Å². The van der Waals surface area contributed by atoms with Crippen LogP contribution in [0.3, 0.4) is 0 Å². The number of amides is 2. The maximum atomic E-state index is 12.1. The van der Waals surface area contributed by atoms with E-state index in [0.717, 1.165) is 11.8 Å². The number of nitrogens with one attached hydrogen (secondary N) is 2. The summed E-state index contributed by atoms with van der Waals surface area (Å²) < 4.78 is 5.20. The number of carbonyl (C=O) groups is 1. The van der Waals surface area contributed by atoms with Gasteiger partial charge in [-0.25, -0.2) is 4.79 Å². The third-order valence-corrected chi connectivity index (χ3v) is 5.44. The number of rotatable bonds is 5. The van der Waals surface area contributed by atoms with Gasteiger partial charge in [0, 0.05) is 6.04 Å². The first-order chi connectivity index (χ1) is 10.5. The van der Waals surface area contributed by atoms with Crippen molar-refractivity contribution < 1.29 is 14.3 Å². The van der Waals surface area contributed by atoms with Crippen LogP contribution in [0.1, 0.15) is 45.3 Å². The Labute approximate surface area is 131 Å². The molecule has 22 heavy (non-hydrogen) atoms. The van der Waals surface area contributed by atoms with Crippen LogP contribution in [0.15, 0.2) is 22.8 Å². The lowest BCUT2D eigenvalue weighted by molar-refractivity contribution is 0.0365. The van der Waals surface area contributed by atoms with Crippen LogP contribution < -0.4 is 10.6 Å². The lowest BCUT2D eigenvalue weighted by Gasteiger charge is -2.29. The minimum atomic E-state index is -1.20. The third kappa shape index (κ3) is 3.14. The number of furan rings is 1. The summed E-state index contributed by atoms with van der Waals surface area (Å²) in [5.41, 5.74) is -1.20. The average molecular weight is 306 g/mol. The molecule has 2 aliphatic rings. The molecule has 5 heteroatoms. The molecule has 5 unspecified atom stereocenters. The molecule has 0 saturated heterocycles. The summed E-state index contributed by atoms with van der Waals surface area (Å²) in [4.78, 5) is 12.1. The summed E-state index contributed by atoms with van der Waals surface area (Å²) in [6.45, 7) is 3.84. The van der Waals surface area contributed by atoms with Gasteiger partial charge in [-0.3, -0.25) is 0 Å². The predicted octanol–water partition coefficient (Wildman–Crippen LogP) is 2.61. The van der Waals surface area contributed by atoms with E-state index in [0.29, 0.717) is 11.7 Å². The normalized spacial score (nSPS) is 30.8. The molecule has 1 aromatic rings. The first kappa shape index (κ1) is 15.4. The highest BCUT2D eigenvalue weighted by molar-refractivity contribution is 5.74. The van der Waals surface area contributed by atoms with Crippen molar-refractivity contribution in [1.29, 1.82) is 0 Å². The van der Waals surface area contributed by atoms with Gasteiger partial charge in [-0.2, -0.15) is 0 Å². The largest absolute Gasteiger partial charge is 0.466 e. The fourth-order valence-electron chi connectivity index (χ4n) is 4.20. The minimum absolute atomic E-state index is 0.121. The molecule has 0 aliphatic heterocycles. The van der Waals surface area contributed by atoms with Crippen molar-refractivity contribution in [3.05, 3.63) is 24.2 Å². The first-order valence-electron chi connectivity index (χ1n) is 8.26. The van der Waals surface area contributed by atoms with Crippen molar-refractivity contribution in [3.8, 4) is 0 Å². The molecule has 0 radical (unpaired) electrons.